The highest BCUT2D eigenvalue weighted by Gasteiger charge is 2.19. The van der Waals surface area contributed by atoms with Crippen molar-refractivity contribution in [3.05, 3.63) is 0 Å². The molecule has 3 heteroatoms. The number of nitrogens with zero attached hydrogens (tertiary/aromatic N) is 1. The van der Waals surface area contributed by atoms with Gasteiger partial charge in [-0.3, -0.25) is 0 Å². The summed E-state index contributed by atoms with van der Waals surface area (Å²) < 4.78 is 5.18. The van der Waals surface area contributed by atoms with Crippen LogP contribution in [0.15, 0.2) is 0 Å². The second-order valence-corrected chi connectivity index (χ2v) is 4.20. The minimum absolute atomic E-state index is 0.293. The quantitative estimate of drug-likeness (QED) is 0.702. The van der Waals surface area contributed by atoms with Gasteiger partial charge in [0.15, 0.2) is 0 Å². The zero-order valence-corrected chi connectivity index (χ0v) is 8.83. The van der Waals surface area contributed by atoms with Crippen LogP contribution in [-0.4, -0.2) is 44.3 Å². The van der Waals surface area contributed by atoms with Crippen molar-refractivity contribution >= 4 is 0 Å². The molecule has 2 N–H and O–H groups in total. The molecule has 1 heterocycles. The van der Waals surface area contributed by atoms with Crippen LogP contribution in [0.4, 0.5) is 0 Å². The molecule has 1 fully saturated rings. The van der Waals surface area contributed by atoms with Crippen molar-refractivity contribution in [1.82, 2.24) is 4.90 Å². The lowest BCUT2D eigenvalue weighted by Gasteiger charge is -2.33. The third-order valence-electron chi connectivity index (χ3n) is 2.55. The molecule has 0 spiro atoms. The van der Waals surface area contributed by atoms with Crippen molar-refractivity contribution in [3.8, 4) is 0 Å². The summed E-state index contributed by atoms with van der Waals surface area (Å²) in [6.45, 7) is 6.37. The highest BCUT2D eigenvalue weighted by atomic mass is 16.5. The fourth-order valence-corrected chi connectivity index (χ4v) is 2.10. The van der Waals surface area contributed by atoms with E-state index in [2.05, 4.69) is 11.8 Å². The summed E-state index contributed by atoms with van der Waals surface area (Å²) in [7, 11) is 1.78. The molecule has 1 unspecified atom stereocenters. The SMILES string of the molecule is COCC1CCCN(C[C@@H](C)N)C1. The molecular weight excluding hydrogens is 164 g/mol. The van der Waals surface area contributed by atoms with Gasteiger partial charge in [0.1, 0.15) is 0 Å². The zero-order chi connectivity index (χ0) is 9.68. The first-order valence-electron chi connectivity index (χ1n) is 5.19. The lowest BCUT2D eigenvalue weighted by Crippen LogP contribution is -2.42. The van der Waals surface area contributed by atoms with E-state index in [-0.39, 0.29) is 0 Å². The van der Waals surface area contributed by atoms with E-state index >= 15 is 0 Å². The van der Waals surface area contributed by atoms with Crippen LogP contribution in [-0.2, 0) is 4.74 Å². The van der Waals surface area contributed by atoms with Crippen molar-refractivity contribution < 1.29 is 4.74 Å². The van der Waals surface area contributed by atoms with E-state index in [4.69, 9.17) is 10.5 Å². The van der Waals surface area contributed by atoms with Crippen molar-refractivity contribution in [1.29, 1.82) is 0 Å². The third kappa shape index (κ3) is 4.07. The Balaban J connectivity index is 2.24. The van der Waals surface area contributed by atoms with E-state index in [1.54, 1.807) is 7.11 Å². The fourth-order valence-electron chi connectivity index (χ4n) is 2.10. The number of rotatable bonds is 4. The number of piperidine rings is 1. The average Bonchev–Trinajstić information content (AvgIpc) is 2.04. The fraction of sp³-hybridized carbons (Fsp3) is 1.00. The third-order valence-corrected chi connectivity index (χ3v) is 2.55. The first-order valence-corrected chi connectivity index (χ1v) is 5.19. The van der Waals surface area contributed by atoms with Gasteiger partial charge in [-0.05, 0) is 32.2 Å². The molecule has 0 aromatic carbocycles. The van der Waals surface area contributed by atoms with E-state index in [0.29, 0.717) is 6.04 Å². The van der Waals surface area contributed by atoms with Gasteiger partial charge in [-0.25, -0.2) is 0 Å². The number of methoxy groups -OCH3 is 1. The summed E-state index contributed by atoms with van der Waals surface area (Å²) in [6.07, 6.45) is 2.60. The summed E-state index contributed by atoms with van der Waals surface area (Å²) in [5.41, 5.74) is 5.77. The first-order chi connectivity index (χ1) is 6.22. The topological polar surface area (TPSA) is 38.5 Å². The van der Waals surface area contributed by atoms with Gasteiger partial charge in [-0.1, -0.05) is 0 Å². The standard InChI is InChI=1S/C10H22N2O/c1-9(11)6-12-5-3-4-10(7-12)8-13-2/h9-10H,3-8,11H2,1-2H3/t9-,10?/m1/s1. The second-order valence-electron chi connectivity index (χ2n) is 4.20. The van der Waals surface area contributed by atoms with Crippen molar-refractivity contribution in [2.24, 2.45) is 11.7 Å². The van der Waals surface area contributed by atoms with Gasteiger partial charge >= 0.3 is 0 Å². The Bertz CT molecular complexity index is 137. The Morgan fingerprint density at radius 3 is 3.00 bits per heavy atom. The number of likely N-dealkylation sites (tertiary alicyclic amines) is 1. The Morgan fingerprint density at radius 2 is 2.38 bits per heavy atom. The number of nitrogens with two attached hydrogens (primary N) is 1. The van der Waals surface area contributed by atoms with E-state index in [1.165, 1.54) is 19.4 Å². The van der Waals surface area contributed by atoms with Crippen molar-refractivity contribution in [2.45, 2.75) is 25.8 Å². The second kappa shape index (κ2) is 5.58. The van der Waals surface area contributed by atoms with Crippen LogP contribution < -0.4 is 5.73 Å². The Hall–Kier alpha value is -0.120. The zero-order valence-electron chi connectivity index (χ0n) is 8.83. The highest BCUT2D eigenvalue weighted by molar-refractivity contribution is 4.74. The largest absolute Gasteiger partial charge is 0.384 e. The van der Waals surface area contributed by atoms with Crippen LogP contribution in [0, 0.1) is 5.92 Å². The smallest absolute Gasteiger partial charge is 0.0502 e. The molecule has 0 aliphatic carbocycles. The summed E-state index contributed by atoms with van der Waals surface area (Å²) >= 11 is 0. The maximum atomic E-state index is 5.77. The number of hydrogen-bond acceptors (Lipinski definition) is 3. The van der Waals surface area contributed by atoms with E-state index in [9.17, 15) is 0 Å². The predicted octanol–water partition coefficient (Wildman–Crippen LogP) is 0.692. The summed E-state index contributed by atoms with van der Waals surface area (Å²) in [4.78, 5) is 2.46. The Labute approximate surface area is 81.2 Å². The Morgan fingerprint density at radius 1 is 1.62 bits per heavy atom. The molecular formula is C10H22N2O. The monoisotopic (exact) mass is 186 g/mol. The van der Waals surface area contributed by atoms with Crippen LogP contribution in [0.25, 0.3) is 0 Å². The summed E-state index contributed by atoms with van der Waals surface area (Å²) in [5, 5.41) is 0. The molecule has 78 valence electrons. The molecule has 0 saturated carbocycles. The summed E-state index contributed by atoms with van der Waals surface area (Å²) in [6, 6.07) is 0.293. The maximum absolute atomic E-state index is 5.77. The normalized spacial score (nSPS) is 27.5. The molecule has 0 radical (unpaired) electrons. The highest BCUT2D eigenvalue weighted by Crippen LogP contribution is 2.16. The van der Waals surface area contributed by atoms with Gasteiger partial charge in [0.05, 0.1) is 6.61 Å². The molecule has 1 rings (SSSR count). The minimum Gasteiger partial charge on any atom is -0.384 e. The lowest BCUT2D eigenvalue weighted by atomic mass is 9.99. The van der Waals surface area contributed by atoms with Crippen LogP contribution in [0.1, 0.15) is 19.8 Å². The van der Waals surface area contributed by atoms with Crippen LogP contribution in [0.3, 0.4) is 0 Å². The van der Waals surface area contributed by atoms with Gasteiger partial charge in [-0.2, -0.15) is 0 Å². The number of ether oxygens (including phenoxy) is 1. The molecule has 0 bridgehead atoms. The molecule has 0 aromatic heterocycles. The lowest BCUT2D eigenvalue weighted by molar-refractivity contribution is 0.0886. The average molecular weight is 186 g/mol. The molecule has 0 aromatic rings. The maximum Gasteiger partial charge on any atom is 0.0502 e. The van der Waals surface area contributed by atoms with Crippen LogP contribution >= 0.6 is 0 Å². The molecule has 3 nitrogen and oxygen atoms in total. The van der Waals surface area contributed by atoms with Gasteiger partial charge in [-0.15, -0.1) is 0 Å². The van der Waals surface area contributed by atoms with Gasteiger partial charge < -0.3 is 15.4 Å². The molecule has 0 amide bonds. The molecule has 2 atom stereocenters. The van der Waals surface area contributed by atoms with Crippen LogP contribution in [0.5, 0.6) is 0 Å². The molecule has 1 saturated heterocycles. The number of hydrogen-bond donors (Lipinski definition) is 1. The molecule has 1 aliphatic heterocycles. The van der Waals surface area contributed by atoms with Gasteiger partial charge in [0.25, 0.3) is 0 Å². The first kappa shape index (κ1) is 11.0. The van der Waals surface area contributed by atoms with Gasteiger partial charge in [0.2, 0.25) is 0 Å². The van der Waals surface area contributed by atoms with Gasteiger partial charge in [0, 0.05) is 26.2 Å². The molecule has 1 aliphatic rings. The molecule has 13 heavy (non-hydrogen) atoms. The van der Waals surface area contributed by atoms with Crippen LogP contribution in [0.2, 0.25) is 0 Å². The van der Waals surface area contributed by atoms with Crippen molar-refractivity contribution in [3.63, 3.8) is 0 Å². The predicted molar refractivity (Wildman–Crippen MR) is 54.7 cm³/mol. The van der Waals surface area contributed by atoms with E-state index < -0.39 is 0 Å². The van der Waals surface area contributed by atoms with Crippen molar-refractivity contribution in [2.75, 3.05) is 33.4 Å². The Kier molecular flexibility index (Phi) is 4.70. The summed E-state index contributed by atoms with van der Waals surface area (Å²) in [5.74, 6) is 0.720. The van der Waals surface area contributed by atoms with E-state index in [1.807, 2.05) is 0 Å². The van der Waals surface area contributed by atoms with E-state index in [0.717, 1.165) is 25.6 Å². The minimum atomic E-state index is 0.293.